The smallest absolute Gasteiger partial charge is 0.250 e. The molecule has 0 saturated carbocycles. The Kier molecular flexibility index (Phi) is 6.04. The summed E-state index contributed by atoms with van der Waals surface area (Å²) in [6, 6.07) is 15.4. The summed E-state index contributed by atoms with van der Waals surface area (Å²) in [6.07, 6.45) is 3.58. The van der Waals surface area contributed by atoms with E-state index in [4.69, 9.17) is 0 Å². The second-order valence-corrected chi connectivity index (χ2v) is 6.21. The standard InChI is InChI=1S/C20H24N6O/c1-21-20(23-14-18-10-11-24-25(18)2)22-13-16-6-8-17(9-7-16)15-26-12-4-3-5-19(26)27/h3-12H,13-15H2,1-2H3,(H2,21,22,23). The van der Waals surface area contributed by atoms with Gasteiger partial charge in [0.05, 0.1) is 18.8 Å². The molecule has 0 aliphatic carbocycles. The van der Waals surface area contributed by atoms with Crippen LogP contribution in [0.1, 0.15) is 16.8 Å². The van der Waals surface area contributed by atoms with Crippen LogP contribution in [0, 0.1) is 0 Å². The Balaban J connectivity index is 1.52. The highest BCUT2D eigenvalue weighted by Crippen LogP contribution is 2.06. The zero-order chi connectivity index (χ0) is 19.1. The maximum Gasteiger partial charge on any atom is 0.250 e. The Morgan fingerprint density at radius 3 is 2.44 bits per heavy atom. The van der Waals surface area contributed by atoms with Gasteiger partial charge in [-0.1, -0.05) is 30.3 Å². The predicted octanol–water partition coefficient (Wildman–Crippen LogP) is 1.50. The van der Waals surface area contributed by atoms with Crippen LogP contribution in [0.15, 0.2) is 70.7 Å². The molecule has 0 radical (unpaired) electrons. The highest BCUT2D eigenvalue weighted by Gasteiger charge is 2.02. The molecule has 2 heterocycles. The van der Waals surface area contributed by atoms with E-state index in [2.05, 4.69) is 32.9 Å². The monoisotopic (exact) mass is 364 g/mol. The maximum absolute atomic E-state index is 11.8. The molecule has 27 heavy (non-hydrogen) atoms. The van der Waals surface area contributed by atoms with Crippen LogP contribution in [0.2, 0.25) is 0 Å². The molecule has 2 aromatic heterocycles. The van der Waals surface area contributed by atoms with Gasteiger partial charge in [-0.05, 0) is 23.3 Å². The van der Waals surface area contributed by atoms with Gasteiger partial charge in [0.25, 0.3) is 5.56 Å². The molecule has 0 aliphatic heterocycles. The summed E-state index contributed by atoms with van der Waals surface area (Å²) < 4.78 is 3.52. The molecule has 3 aromatic rings. The largest absolute Gasteiger partial charge is 0.352 e. The Morgan fingerprint density at radius 2 is 1.78 bits per heavy atom. The molecule has 7 nitrogen and oxygen atoms in total. The van der Waals surface area contributed by atoms with Gasteiger partial charge in [-0.3, -0.25) is 14.5 Å². The van der Waals surface area contributed by atoms with E-state index in [0.29, 0.717) is 19.6 Å². The Bertz CT molecular complexity index is 955. The Hall–Kier alpha value is -3.35. The van der Waals surface area contributed by atoms with Crippen LogP contribution in [-0.2, 0) is 26.7 Å². The number of hydrogen-bond acceptors (Lipinski definition) is 3. The molecule has 3 rings (SSSR count). The number of aromatic nitrogens is 3. The number of rotatable bonds is 6. The van der Waals surface area contributed by atoms with Gasteiger partial charge >= 0.3 is 0 Å². The molecule has 0 saturated heterocycles. The van der Waals surface area contributed by atoms with Crippen LogP contribution >= 0.6 is 0 Å². The lowest BCUT2D eigenvalue weighted by Gasteiger charge is -2.12. The first-order valence-electron chi connectivity index (χ1n) is 8.80. The van der Waals surface area contributed by atoms with Crippen LogP contribution in [0.4, 0.5) is 0 Å². The second-order valence-electron chi connectivity index (χ2n) is 6.21. The van der Waals surface area contributed by atoms with Gasteiger partial charge in [-0.2, -0.15) is 5.10 Å². The predicted molar refractivity (Wildman–Crippen MR) is 106 cm³/mol. The van der Waals surface area contributed by atoms with E-state index < -0.39 is 0 Å². The average molecular weight is 364 g/mol. The van der Waals surface area contributed by atoms with Gasteiger partial charge in [0.2, 0.25) is 0 Å². The molecule has 2 N–H and O–H groups in total. The lowest BCUT2D eigenvalue weighted by atomic mass is 10.1. The average Bonchev–Trinajstić information content (AvgIpc) is 3.10. The lowest BCUT2D eigenvalue weighted by molar-refractivity contribution is 0.684. The zero-order valence-corrected chi connectivity index (χ0v) is 15.6. The van der Waals surface area contributed by atoms with Crippen LogP contribution in [-0.4, -0.2) is 27.4 Å². The summed E-state index contributed by atoms with van der Waals surface area (Å²) in [7, 11) is 3.66. The summed E-state index contributed by atoms with van der Waals surface area (Å²) in [5.74, 6) is 0.733. The molecule has 0 amide bonds. The Labute approximate surface area is 158 Å². The van der Waals surface area contributed by atoms with Crippen molar-refractivity contribution in [1.29, 1.82) is 0 Å². The molecule has 7 heteroatoms. The molecule has 0 spiro atoms. The molecule has 140 valence electrons. The summed E-state index contributed by atoms with van der Waals surface area (Å²) in [5.41, 5.74) is 3.32. The van der Waals surface area contributed by atoms with E-state index in [1.54, 1.807) is 36.1 Å². The van der Waals surface area contributed by atoms with Gasteiger partial charge in [0.15, 0.2) is 5.96 Å². The first kappa shape index (κ1) is 18.4. The molecule has 0 bridgehead atoms. The maximum atomic E-state index is 11.8. The number of aliphatic imine (C=N–C) groups is 1. The number of nitrogens with one attached hydrogen (secondary N) is 2. The van der Waals surface area contributed by atoms with E-state index in [1.807, 2.05) is 36.0 Å². The van der Waals surface area contributed by atoms with Crippen LogP contribution in [0.5, 0.6) is 0 Å². The van der Waals surface area contributed by atoms with Gasteiger partial charge in [0, 0.05) is 39.1 Å². The zero-order valence-electron chi connectivity index (χ0n) is 15.6. The molecule has 0 unspecified atom stereocenters. The number of aryl methyl sites for hydroxylation is 1. The van der Waals surface area contributed by atoms with Crippen molar-refractivity contribution in [3.8, 4) is 0 Å². The van der Waals surface area contributed by atoms with Crippen molar-refractivity contribution in [2.75, 3.05) is 7.05 Å². The van der Waals surface area contributed by atoms with E-state index >= 15 is 0 Å². The highest BCUT2D eigenvalue weighted by molar-refractivity contribution is 5.79. The van der Waals surface area contributed by atoms with Crippen molar-refractivity contribution < 1.29 is 0 Å². The third-order valence-electron chi connectivity index (χ3n) is 4.32. The minimum absolute atomic E-state index is 0.00605. The lowest BCUT2D eigenvalue weighted by Crippen LogP contribution is -2.36. The van der Waals surface area contributed by atoms with Crippen molar-refractivity contribution in [1.82, 2.24) is 25.0 Å². The number of benzene rings is 1. The molecule has 1 aromatic carbocycles. The SMILES string of the molecule is CN=C(NCc1ccc(Cn2ccccc2=O)cc1)NCc1ccnn1C. The summed E-state index contributed by atoms with van der Waals surface area (Å²) in [6.45, 7) is 1.89. The minimum atomic E-state index is 0.00605. The normalized spacial score (nSPS) is 11.4. The van der Waals surface area contributed by atoms with Gasteiger partial charge < -0.3 is 15.2 Å². The van der Waals surface area contributed by atoms with Crippen molar-refractivity contribution in [2.24, 2.45) is 12.0 Å². The Morgan fingerprint density at radius 1 is 1.04 bits per heavy atom. The summed E-state index contributed by atoms with van der Waals surface area (Å²) >= 11 is 0. The topological polar surface area (TPSA) is 76.2 Å². The molecular weight excluding hydrogens is 340 g/mol. The van der Waals surface area contributed by atoms with Gasteiger partial charge in [-0.15, -0.1) is 0 Å². The number of guanidine groups is 1. The fourth-order valence-electron chi connectivity index (χ4n) is 2.71. The van der Waals surface area contributed by atoms with Crippen LogP contribution in [0.25, 0.3) is 0 Å². The molecule has 0 fully saturated rings. The fraction of sp³-hybridized carbons (Fsp3) is 0.250. The first-order chi connectivity index (χ1) is 13.2. The molecular formula is C20H24N6O. The van der Waals surface area contributed by atoms with Crippen LogP contribution < -0.4 is 16.2 Å². The van der Waals surface area contributed by atoms with Crippen molar-refractivity contribution >= 4 is 5.96 Å². The van der Waals surface area contributed by atoms with E-state index in [1.165, 1.54) is 0 Å². The number of pyridine rings is 1. The quantitative estimate of drug-likeness (QED) is 0.513. The van der Waals surface area contributed by atoms with E-state index in [9.17, 15) is 4.79 Å². The highest BCUT2D eigenvalue weighted by atomic mass is 16.1. The van der Waals surface area contributed by atoms with Crippen LogP contribution in [0.3, 0.4) is 0 Å². The van der Waals surface area contributed by atoms with Gasteiger partial charge in [-0.25, -0.2) is 0 Å². The third-order valence-corrected chi connectivity index (χ3v) is 4.32. The van der Waals surface area contributed by atoms with E-state index in [-0.39, 0.29) is 5.56 Å². The third kappa shape index (κ3) is 5.07. The first-order valence-corrected chi connectivity index (χ1v) is 8.80. The van der Waals surface area contributed by atoms with Crippen molar-refractivity contribution in [2.45, 2.75) is 19.6 Å². The summed E-state index contributed by atoms with van der Waals surface area (Å²) in [5, 5.41) is 10.7. The molecule has 0 atom stereocenters. The minimum Gasteiger partial charge on any atom is -0.352 e. The van der Waals surface area contributed by atoms with Crippen molar-refractivity contribution in [3.05, 3.63) is 88.1 Å². The summed E-state index contributed by atoms with van der Waals surface area (Å²) in [4.78, 5) is 16.0. The fourth-order valence-corrected chi connectivity index (χ4v) is 2.71. The van der Waals surface area contributed by atoms with Crippen molar-refractivity contribution in [3.63, 3.8) is 0 Å². The number of hydrogen-bond donors (Lipinski definition) is 2. The number of nitrogens with zero attached hydrogens (tertiary/aromatic N) is 4. The van der Waals surface area contributed by atoms with E-state index in [0.717, 1.165) is 22.8 Å². The second kappa shape index (κ2) is 8.84. The van der Waals surface area contributed by atoms with Gasteiger partial charge in [0.1, 0.15) is 0 Å². The molecule has 0 aliphatic rings.